The van der Waals surface area contributed by atoms with Gasteiger partial charge in [-0.2, -0.15) is 0 Å². The molecule has 1 aliphatic rings. The van der Waals surface area contributed by atoms with Crippen molar-refractivity contribution >= 4 is 22.6 Å². The van der Waals surface area contributed by atoms with Crippen LogP contribution in [-0.4, -0.2) is 22.6 Å². The van der Waals surface area contributed by atoms with Crippen LogP contribution in [0.25, 0.3) is 0 Å². The quantitative estimate of drug-likeness (QED) is 0.517. The molecular formula is C6H13IN2. The average Bonchev–Trinajstić information content (AvgIpc) is 2.14. The molecule has 0 spiro atoms. The van der Waals surface area contributed by atoms with Gasteiger partial charge in [0.1, 0.15) is 0 Å². The van der Waals surface area contributed by atoms with Gasteiger partial charge in [-0.3, -0.25) is 0 Å². The van der Waals surface area contributed by atoms with E-state index >= 15 is 0 Å². The van der Waals surface area contributed by atoms with Gasteiger partial charge in [-0.15, -0.1) is 0 Å². The maximum Gasteiger partial charge on any atom is 0.0250 e. The fraction of sp³-hybridized carbons (Fsp3) is 1.00. The van der Waals surface area contributed by atoms with Crippen molar-refractivity contribution in [3.63, 3.8) is 0 Å². The molecule has 0 aromatic rings. The van der Waals surface area contributed by atoms with Crippen LogP contribution in [0, 0.1) is 0 Å². The Morgan fingerprint density at radius 1 is 1.78 bits per heavy atom. The summed E-state index contributed by atoms with van der Waals surface area (Å²) < 4.78 is 0.790. The standard InChI is InChI=1S/C6H13IN2/c1-4(8)6-2-5(7)3-9-6/h4-6,9H,2-3,8H2,1H3. The number of hydrogen-bond acceptors (Lipinski definition) is 2. The highest BCUT2D eigenvalue weighted by Gasteiger charge is 2.23. The van der Waals surface area contributed by atoms with Gasteiger partial charge < -0.3 is 11.1 Å². The molecule has 3 N–H and O–H groups in total. The first-order chi connectivity index (χ1) is 4.20. The van der Waals surface area contributed by atoms with Crippen molar-refractivity contribution in [3.05, 3.63) is 0 Å². The number of nitrogens with one attached hydrogen (secondary N) is 1. The van der Waals surface area contributed by atoms with Gasteiger partial charge >= 0.3 is 0 Å². The third-order valence-electron chi connectivity index (χ3n) is 1.75. The van der Waals surface area contributed by atoms with Crippen LogP contribution < -0.4 is 11.1 Å². The molecule has 1 rings (SSSR count). The van der Waals surface area contributed by atoms with Crippen LogP contribution in [0.3, 0.4) is 0 Å². The Labute approximate surface area is 69.7 Å². The molecule has 0 aromatic heterocycles. The first-order valence-corrected chi connectivity index (χ1v) is 4.57. The van der Waals surface area contributed by atoms with Crippen molar-refractivity contribution in [1.29, 1.82) is 0 Å². The summed E-state index contributed by atoms with van der Waals surface area (Å²) in [5, 5.41) is 3.37. The van der Waals surface area contributed by atoms with E-state index in [1.807, 2.05) is 0 Å². The lowest BCUT2D eigenvalue weighted by atomic mass is 10.1. The highest BCUT2D eigenvalue weighted by Crippen LogP contribution is 2.15. The van der Waals surface area contributed by atoms with Gasteiger partial charge in [-0.05, 0) is 13.3 Å². The van der Waals surface area contributed by atoms with Gasteiger partial charge in [-0.25, -0.2) is 0 Å². The molecule has 3 heteroatoms. The fourth-order valence-corrected chi connectivity index (χ4v) is 1.92. The number of alkyl halides is 1. The Balaban J connectivity index is 2.30. The van der Waals surface area contributed by atoms with E-state index in [1.165, 1.54) is 6.42 Å². The Kier molecular flexibility index (Phi) is 2.73. The van der Waals surface area contributed by atoms with Gasteiger partial charge in [0.25, 0.3) is 0 Å². The number of halogens is 1. The molecule has 1 saturated heterocycles. The zero-order chi connectivity index (χ0) is 6.85. The maximum atomic E-state index is 5.69. The molecule has 0 aromatic carbocycles. The summed E-state index contributed by atoms with van der Waals surface area (Å²) in [5.41, 5.74) is 5.69. The molecule has 2 nitrogen and oxygen atoms in total. The second kappa shape index (κ2) is 3.16. The van der Waals surface area contributed by atoms with Gasteiger partial charge in [-0.1, -0.05) is 22.6 Å². The van der Waals surface area contributed by atoms with Gasteiger partial charge in [0.15, 0.2) is 0 Å². The predicted octanol–water partition coefficient (Wildman–Crippen LogP) is 0.499. The smallest absolute Gasteiger partial charge is 0.0250 e. The number of rotatable bonds is 1. The molecule has 0 bridgehead atoms. The highest BCUT2D eigenvalue weighted by atomic mass is 127. The topological polar surface area (TPSA) is 38.0 Å². The van der Waals surface area contributed by atoms with Gasteiger partial charge in [0.2, 0.25) is 0 Å². The van der Waals surface area contributed by atoms with E-state index in [0.29, 0.717) is 12.1 Å². The van der Waals surface area contributed by atoms with E-state index in [-0.39, 0.29) is 0 Å². The van der Waals surface area contributed by atoms with Crippen molar-refractivity contribution in [3.8, 4) is 0 Å². The van der Waals surface area contributed by atoms with Crippen LogP contribution in [0.5, 0.6) is 0 Å². The lowest BCUT2D eigenvalue weighted by molar-refractivity contribution is 0.514. The lowest BCUT2D eigenvalue weighted by Gasteiger charge is -2.13. The van der Waals surface area contributed by atoms with E-state index in [1.54, 1.807) is 0 Å². The SMILES string of the molecule is CC(N)C1CC(I)CN1. The minimum Gasteiger partial charge on any atom is -0.327 e. The van der Waals surface area contributed by atoms with Crippen LogP contribution in [-0.2, 0) is 0 Å². The first kappa shape index (κ1) is 7.75. The molecule has 0 radical (unpaired) electrons. The normalized spacial score (nSPS) is 39.0. The van der Waals surface area contributed by atoms with Crippen LogP contribution in [0.2, 0.25) is 0 Å². The maximum absolute atomic E-state index is 5.69. The highest BCUT2D eigenvalue weighted by molar-refractivity contribution is 14.1. The molecule has 9 heavy (non-hydrogen) atoms. The summed E-state index contributed by atoms with van der Waals surface area (Å²) in [4.78, 5) is 0. The van der Waals surface area contributed by atoms with Gasteiger partial charge in [0.05, 0.1) is 0 Å². The summed E-state index contributed by atoms with van der Waals surface area (Å²) in [7, 11) is 0. The van der Waals surface area contributed by atoms with E-state index in [0.717, 1.165) is 10.5 Å². The Hall–Kier alpha value is 0.650. The van der Waals surface area contributed by atoms with Crippen molar-refractivity contribution in [2.24, 2.45) is 5.73 Å². The zero-order valence-electron chi connectivity index (χ0n) is 5.60. The largest absolute Gasteiger partial charge is 0.327 e. The van der Waals surface area contributed by atoms with Crippen molar-refractivity contribution in [2.45, 2.75) is 29.4 Å². The lowest BCUT2D eigenvalue weighted by Crippen LogP contribution is -2.38. The van der Waals surface area contributed by atoms with Crippen molar-refractivity contribution in [2.75, 3.05) is 6.54 Å². The fourth-order valence-electron chi connectivity index (χ4n) is 1.12. The molecule has 1 fully saturated rings. The van der Waals surface area contributed by atoms with Crippen molar-refractivity contribution in [1.82, 2.24) is 5.32 Å². The molecule has 0 saturated carbocycles. The Morgan fingerprint density at radius 2 is 2.44 bits per heavy atom. The molecule has 54 valence electrons. The van der Waals surface area contributed by atoms with Crippen molar-refractivity contribution < 1.29 is 0 Å². The minimum atomic E-state index is 0.310. The average molecular weight is 240 g/mol. The Morgan fingerprint density at radius 3 is 2.67 bits per heavy atom. The summed E-state index contributed by atoms with van der Waals surface area (Å²) in [6, 6.07) is 0.872. The van der Waals surface area contributed by atoms with Crippen LogP contribution in [0.4, 0.5) is 0 Å². The van der Waals surface area contributed by atoms with E-state index < -0.39 is 0 Å². The second-order valence-electron chi connectivity index (χ2n) is 2.71. The second-order valence-corrected chi connectivity index (χ2v) is 4.47. The molecule has 0 aliphatic carbocycles. The molecular weight excluding hydrogens is 227 g/mol. The summed E-state index contributed by atoms with van der Waals surface area (Å²) in [6.45, 7) is 3.19. The summed E-state index contributed by atoms with van der Waals surface area (Å²) in [5.74, 6) is 0. The molecule has 1 heterocycles. The minimum absolute atomic E-state index is 0.310. The molecule has 1 aliphatic heterocycles. The number of hydrogen-bond donors (Lipinski definition) is 2. The Bertz CT molecular complexity index is 95.1. The molecule has 3 atom stereocenters. The molecule has 3 unspecified atom stereocenters. The van der Waals surface area contributed by atoms with E-state index in [4.69, 9.17) is 5.73 Å². The van der Waals surface area contributed by atoms with E-state index in [9.17, 15) is 0 Å². The van der Waals surface area contributed by atoms with Gasteiger partial charge in [0, 0.05) is 22.6 Å². The van der Waals surface area contributed by atoms with Crippen LogP contribution >= 0.6 is 22.6 Å². The summed E-state index contributed by atoms with van der Waals surface area (Å²) in [6.07, 6.45) is 1.23. The monoisotopic (exact) mass is 240 g/mol. The predicted molar refractivity (Wildman–Crippen MR) is 47.9 cm³/mol. The van der Waals surface area contributed by atoms with Crippen LogP contribution in [0.1, 0.15) is 13.3 Å². The van der Waals surface area contributed by atoms with Crippen LogP contribution in [0.15, 0.2) is 0 Å². The first-order valence-electron chi connectivity index (χ1n) is 3.33. The van der Waals surface area contributed by atoms with E-state index in [2.05, 4.69) is 34.8 Å². The third-order valence-corrected chi connectivity index (χ3v) is 2.69. The molecule has 0 amide bonds. The third kappa shape index (κ3) is 2.05. The summed E-state index contributed by atoms with van der Waals surface area (Å²) >= 11 is 2.46. The zero-order valence-corrected chi connectivity index (χ0v) is 7.76. The number of nitrogens with two attached hydrogens (primary N) is 1.